The van der Waals surface area contributed by atoms with Gasteiger partial charge >= 0.3 is 0 Å². The number of fused-ring (bicyclic) bond motifs is 15. The maximum Gasteiger partial charge on any atom is 0.0877 e. The summed E-state index contributed by atoms with van der Waals surface area (Å²) in [7, 11) is 0. The van der Waals surface area contributed by atoms with Crippen molar-refractivity contribution in [2.45, 2.75) is 26.9 Å². The second kappa shape index (κ2) is 50.5. The molecule has 654 valence electrons. The van der Waals surface area contributed by atoms with Crippen LogP contribution in [0.2, 0.25) is 0 Å². The van der Waals surface area contributed by atoms with Crippen molar-refractivity contribution in [1.29, 1.82) is 0 Å². The van der Waals surface area contributed by atoms with Gasteiger partial charge in [-0.1, -0.05) is 162 Å². The van der Waals surface area contributed by atoms with Gasteiger partial charge in [-0.2, -0.15) is 22.7 Å². The van der Waals surface area contributed by atoms with Crippen LogP contribution < -0.4 is 0 Å². The van der Waals surface area contributed by atoms with Crippen LogP contribution in [0.15, 0.2) is 413 Å². The maximum absolute atomic E-state index is 8.49. The Morgan fingerprint density at radius 3 is 1.43 bits per heavy atom. The number of aliphatic hydroxyl groups excluding tert-OH is 2. The van der Waals surface area contributed by atoms with Gasteiger partial charge in [0.25, 0.3) is 0 Å². The minimum absolute atomic E-state index is 0. The average molecular weight is 2800 g/mol. The molecule has 0 aliphatic rings. The van der Waals surface area contributed by atoms with Crippen LogP contribution in [0.3, 0.4) is 0 Å². The number of imidazole rings is 2. The number of aromatic nitrogens is 10. The van der Waals surface area contributed by atoms with Gasteiger partial charge in [0.05, 0.1) is 55.3 Å². The van der Waals surface area contributed by atoms with Crippen LogP contribution in [0.25, 0.3) is 163 Å². The molecule has 23 rings (SSSR count). The van der Waals surface area contributed by atoms with E-state index in [2.05, 4.69) is 209 Å². The number of benzene rings is 13. The molecule has 0 bridgehead atoms. The molecule has 130 heavy (non-hydrogen) atoms. The van der Waals surface area contributed by atoms with E-state index in [0.717, 1.165) is 107 Å². The van der Waals surface area contributed by atoms with Crippen LogP contribution >= 0.6 is 22.7 Å². The Morgan fingerprint density at radius 2 is 0.869 bits per heavy atom. The Morgan fingerprint density at radius 1 is 0.377 bits per heavy atom. The number of rotatable bonds is 8. The third-order valence-electron chi connectivity index (χ3n) is 19.2. The van der Waals surface area contributed by atoms with Crippen molar-refractivity contribution >= 4 is 112 Å². The van der Waals surface area contributed by atoms with Gasteiger partial charge in [-0.25, -0.2) is 0 Å². The first-order valence-corrected chi connectivity index (χ1v) is 41.3. The van der Waals surface area contributed by atoms with Crippen LogP contribution in [-0.2, 0) is 121 Å². The number of nitrogens with zero attached hydrogens (tertiary/aromatic N) is 10. The van der Waals surface area contributed by atoms with E-state index < -0.39 is 18.2 Å². The summed E-state index contributed by atoms with van der Waals surface area (Å²) in [4.78, 5) is 35.0. The molecule has 0 saturated carbocycles. The zero-order valence-corrected chi connectivity index (χ0v) is 85.4. The molecule has 6 radical (unpaired) electrons. The van der Waals surface area contributed by atoms with Crippen molar-refractivity contribution in [3.63, 3.8) is 0 Å². The van der Waals surface area contributed by atoms with Crippen LogP contribution in [0.4, 0.5) is 0 Å². The molecule has 0 spiro atoms. The van der Waals surface area contributed by atoms with Crippen molar-refractivity contribution in [3.8, 4) is 73.5 Å². The largest absolute Gasteiger partial charge is 0.513 e. The van der Waals surface area contributed by atoms with E-state index in [1.54, 1.807) is 19.3 Å². The molecule has 13 aromatic carbocycles. The van der Waals surface area contributed by atoms with Gasteiger partial charge in [0.1, 0.15) is 0 Å². The van der Waals surface area contributed by atoms with Gasteiger partial charge in [-0.15, -0.1) is 221 Å². The maximum atomic E-state index is 8.49. The van der Waals surface area contributed by atoms with Gasteiger partial charge in [0.2, 0.25) is 0 Å². The van der Waals surface area contributed by atoms with E-state index in [4.69, 9.17) is 29.8 Å². The number of thiophene rings is 2. The fourth-order valence-electron chi connectivity index (χ4n) is 13.8. The van der Waals surface area contributed by atoms with Crippen LogP contribution in [0.1, 0.15) is 29.1 Å². The SMILES string of the molecule is CC(O)=CC(C)O.Cc1ccnc(-c2[c-]cccc2)n1.[2H]c1[c-]c(-c2ncc([2H])c([2H])c2[2H])c([2H])c([2H])c1[2H].[Ir].[Ir].[Ir].[Ir].[Ir].[Ir].[c-]1ccc2c(sc3ccccc32)c1-c1ccccn1.[c-]1ccc2c(sc3ccccc32)c1-c1ccccn1.[c-]1cccc2c1c1nc3ccccc3n1c1ccccc21.[c-]1ccccc1-c1ccccn1.[c-]1ccccc1-c1nc2ccccc2n1-c1ccccc1. The third-order valence-corrected chi connectivity index (χ3v) is 21.7. The smallest absolute Gasteiger partial charge is 0.0877 e. The Bertz CT molecular complexity index is 7740. The zero-order chi connectivity index (χ0) is 90.7. The topological polar surface area (TPSA) is 153 Å². The molecule has 1 atom stereocenters. The van der Waals surface area contributed by atoms with E-state index in [0.29, 0.717) is 0 Å². The summed E-state index contributed by atoms with van der Waals surface area (Å²) in [5, 5.41) is 25.6. The van der Waals surface area contributed by atoms with Gasteiger partial charge in [0, 0.05) is 181 Å². The number of hydrogen-bond acceptors (Lipinski definition) is 12. The summed E-state index contributed by atoms with van der Waals surface area (Å²) in [5.74, 6) is 1.82. The second-order valence-electron chi connectivity index (χ2n) is 27.8. The number of hydrogen-bond donors (Lipinski definition) is 2. The molecule has 10 aromatic heterocycles. The first kappa shape index (κ1) is 90.3. The summed E-state index contributed by atoms with van der Waals surface area (Å²) < 4.78 is 62.4. The minimum atomic E-state index is -0.537. The second-order valence-corrected chi connectivity index (χ2v) is 29.9. The van der Waals surface area contributed by atoms with Gasteiger partial charge in [0.15, 0.2) is 0 Å². The molecule has 0 aliphatic heterocycles. The molecule has 10 heterocycles. The summed E-state index contributed by atoms with van der Waals surface area (Å²) in [6.07, 6.45) is 9.11. The Kier molecular flexibility index (Phi) is 35.1. The number of aryl methyl sites for hydroxylation is 1. The first-order chi connectivity index (χ1) is 64.0. The molecule has 0 saturated heterocycles. The van der Waals surface area contributed by atoms with E-state index in [1.807, 2.05) is 242 Å². The summed E-state index contributed by atoms with van der Waals surface area (Å²) in [6, 6.07) is 129. The third kappa shape index (κ3) is 25.1. The number of para-hydroxylation sites is 6. The van der Waals surface area contributed by atoms with Gasteiger partial charge in [-0.3, -0.25) is 19.9 Å². The Balaban J connectivity index is 0.000000163. The molecule has 0 amide bonds. The standard InChI is InChI=1S/C19H11N2.C19H13N2.2C17H10NS.C11H9N2.2C11H8N.C5H10O2.6Ir/c1-2-9-15-13(7-1)14-8-3-5-11-17(14)21-18-12-6-4-10-16(18)20-19(15)21;1-3-9-15(10-4-1)19-20-17-13-7-8-14-18(17)21(19)16-11-5-2-6-12-16;2*1-2-10-16-12(6-1)13-7-5-8-14(17(13)19-16)15-9-3-4-11-18-15;1-9-7-8-12-11(13-9)10-5-3-2-4-6-10;2*1-2-6-10(7-3-1)11-8-4-5-9-12-11;1-4(6)3-5(2)7;;;;;;/h1-8,10-12H;1-9,11-14H;2*1-7,9-11H;2-5,7-8H,1H3;2*1-6,8-9H;3-4,6-7H,1-2H3;;;;;;/q7*-1;;;;;;;/i;;;;;1D,2D,3D,4D,5D,6D,8D;;;;;;;;. The monoisotopic (exact) mass is 2800 g/mol. The summed E-state index contributed by atoms with van der Waals surface area (Å²) in [5.41, 5.74) is 16.5. The van der Waals surface area contributed by atoms with Crippen LogP contribution in [-0.4, -0.2) is 65.2 Å². The number of allylic oxidation sites excluding steroid dienone is 1. The van der Waals surface area contributed by atoms with E-state index in [9.17, 15) is 0 Å². The fraction of sp³-hybridized carbons (Fsp3) is 0.0364. The molecule has 0 fully saturated rings. The molecule has 20 heteroatoms. The molecule has 0 aliphatic carbocycles. The minimum Gasteiger partial charge on any atom is -0.513 e. The zero-order valence-electron chi connectivity index (χ0n) is 76.4. The number of pyridine rings is 5. The normalized spacial score (nSPS) is 11.4. The predicted octanol–water partition coefficient (Wildman–Crippen LogP) is 27.1. The van der Waals surface area contributed by atoms with Gasteiger partial charge in [-0.05, 0) is 163 Å². The quantitative estimate of drug-likeness (QED) is 0.0854. The van der Waals surface area contributed by atoms with Crippen molar-refractivity contribution in [2.75, 3.05) is 0 Å². The van der Waals surface area contributed by atoms with E-state index >= 15 is 0 Å². The molecular formula is C110H79Ir6N10O2S2-7. The van der Waals surface area contributed by atoms with Crippen LogP contribution in [0, 0.1) is 49.4 Å². The van der Waals surface area contributed by atoms with Crippen molar-refractivity contribution < 1.29 is 140 Å². The molecule has 2 N–H and O–H groups in total. The summed E-state index contributed by atoms with van der Waals surface area (Å²) >= 11 is 3.62. The fourth-order valence-corrected chi connectivity index (χ4v) is 16.2. The van der Waals surface area contributed by atoms with Crippen molar-refractivity contribution in [1.82, 2.24) is 48.8 Å². The Labute approximate surface area is 854 Å². The van der Waals surface area contributed by atoms with Crippen LogP contribution in [0.5, 0.6) is 0 Å². The predicted molar refractivity (Wildman–Crippen MR) is 511 cm³/mol. The van der Waals surface area contributed by atoms with Crippen molar-refractivity contribution in [3.05, 3.63) is 461 Å². The first-order valence-electron chi connectivity index (χ1n) is 43.2. The van der Waals surface area contributed by atoms with E-state index in [-0.39, 0.29) is 168 Å². The van der Waals surface area contributed by atoms with Gasteiger partial charge < -0.3 is 39.1 Å². The number of aliphatic hydroxyl groups is 2. The average Bonchev–Trinajstić information content (AvgIpc) is 1.58. The molecule has 23 aromatic rings. The molecular weight excluding hydrogens is 2710 g/mol. The Hall–Kier alpha value is -11.7. The molecule has 12 nitrogen and oxygen atoms in total. The van der Waals surface area contributed by atoms with E-state index in [1.165, 1.54) is 69.6 Å². The molecule has 1 unspecified atom stereocenters. The van der Waals surface area contributed by atoms with Crippen molar-refractivity contribution in [2.24, 2.45) is 0 Å². The summed E-state index contributed by atoms with van der Waals surface area (Å²) in [6.45, 7) is 5.06.